The highest BCUT2D eigenvalue weighted by Crippen LogP contribution is 2.27. The van der Waals surface area contributed by atoms with Gasteiger partial charge in [0.15, 0.2) is 0 Å². The van der Waals surface area contributed by atoms with E-state index in [0.29, 0.717) is 24.9 Å². The van der Waals surface area contributed by atoms with Gasteiger partial charge >= 0.3 is 0 Å². The van der Waals surface area contributed by atoms with Crippen molar-refractivity contribution >= 4 is 0 Å². The predicted molar refractivity (Wildman–Crippen MR) is 62.4 cm³/mol. The first-order chi connectivity index (χ1) is 8.07. The third-order valence-electron chi connectivity index (χ3n) is 2.72. The van der Waals surface area contributed by atoms with Gasteiger partial charge in [0.05, 0.1) is 6.61 Å². The van der Waals surface area contributed by atoms with E-state index in [1.54, 1.807) is 7.11 Å². The molecule has 0 saturated carbocycles. The smallest absolute Gasteiger partial charge is 0.246 e. The van der Waals surface area contributed by atoms with Gasteiger partial charge in [0, 0.05) is 13.7 Å². The maximum Gasteiger partial charge on any atom is 0.246 e. The molecule has 1 rings (SSSR count). The van der Waals surface area contributed by atoms with E-state index in [9.17, 15) is 0 Å². The van der Waals surface area contributed by atoms with Gasteiger partial charge in [-0.2, -0.15) is 4.98 Å². The molecular weight excluding hydrogens is 222 g/mol. The Balaban J connectivity index is 2.85. The Bertz CT molecular complexity index is 342. The molecule has 0 saturated heterocycles. The fraction of sp³-hybridized carbons (Fsp3) is 0.818. The molecule has 98 valence electrons. The summed E-state index contributed by atoms with van der Waals surface area (Å²) >= 11 is 0. The average molecular weight is 243 g/mol. The van der Waals surface area contributed by atoms with Crippen LogP contribution >= 0.6 is 0 Å². The monoisotopic (exact) mass is 243 g/mol. The number of nitrogens with zero attached hydrogens (tertiary/aromatic N) is 2. The Hall–Kier alpha value is -0.980. The number of aromatic nitrogens is 2. The van der Waals surface area contributed by atoms with Crippen molar-refractivity contribution in [2.45, 2.75) is 38.8 Å². The van der Waals surface area contributed by atoms with Crippen LogP contribution < -0.4 is 5.73 Å². The molecule has 1 aromatic rings. The van der Waals surface area contributed by atoms with Gasteiger partial charge in [-0.3, -0.25) is 0 Å². The predicted octanol–water partition coefficient (Wildman–Crippen LogP) is 1.38. The van der Waals surface area contributed by atoms with E-state index in [1.165, 1.54) is 0 Å². The van der Waals surface area contributed by atoms with Crippen molar-refractivity contribution in [1.82, 2.24) is 10.1 Å². The second-order valence-corrected chi connectivity index (χ2v) is 4.04. The second-order valence-electron chi connectivity index (χ2n) is 4.04. The molecule has 2 atom stereocenters. The summed E-state index contributed by atoms with van der Waals surface area (Å²) in [6, 6.07) is -0.399. The normalized spacial score (nSPS) is 16.8. The molecular formula is C11H21N3O3. The number of hydrogen-bond donors (Lipinski definition) is 1. The van der Waals surface area contributed by atoms with E-state index >= 15 is 0 Å². The molecule has 0 aromatic carbocycles. The lowest BCUT2D eigenvalue weighted by atomic mass is 10.0. The van der Waals surface area contributed by atoms with Gasteiger partial charge in [0.1, 0.15) is 11.6 Å². The van der Waals surface area contributed by atoms with Crippen molar-refractivity contribution in [2.24, 2.45) is 5.73 Å². The number of methoxy groups -OCH3 is 1. The molecule has 0 amide bonds. The maximum atomic E-state index is 5.82. The molecule has 0 aliphatic rings. The van der Waals surface area contributed by atoms with E-state index in [1.807, 2.05) is 20.8 Å². The molecule has 0 spiro atoms. The van der Waals surface area contributed by atoms with Crippen LogP contribution in [-0.4, -0.2) is 30.5 Å². The molecule has 0 bridgehead atoms. The van der Waals surface area contributed by atoms with Crippen LogP contribution in [0.1, 0.15) is 44.9 Å². The zero-order valence-electron chi connectivity index (χ0n) is 10.9. The minimum Gasteiger partial charge on any atom is -0.383 e. The van der Waals surface area contributed by atoms with E-state index in [4.69, 9.17) is 19.7 Å². The summed E-state index contributed by atoms with van der Waals surface area (Å²) in [5.41, 5.74) is 5.29. The second kappa shape index (κ2) is 6.09. The molecule has 17 heavy (non-hydrogen) atoms. The highest BCUT2D eigenvalue weighted by atomic mass is 16.5. The van der Waals surface area contributed by atoms with Crippen LogP contribution in [0, 0.1) is 0 Å². The largest absolute Gasteiger partial charge is 0.383 e. The lowest BCUT2D eigenvalue weighted by molar-refractivity contribution is -0.0403. The first-order valence-corrected chi connectivity index (χ1v) is 5.80. The highest BCUT2D eigenvalue weighted by molar-refractivity contribution is 5.01. The SMILES string of the molecule is CCOC(C)(CC)c1noc(C(N)COC)n1. The van der Waals surface area contributed by atoms with Gasteiger partial charge < -0.3 is 19.7 Å². The van der Waals surface area contributed by atoms with Crippen LogP contribution in [0.5, 0.6) is 0 Å². The molecule has 2 N–H and O–H groups in total. The number of nitrogens with two attached hydrogens (primary N) is 1. The van der Waals surface area contributed by atoms with E-state index in [2.05, 4.69) is 10.1 Å². The van der Waals surface area contributed by atoms with E-state index < -0.39 is 11.6 Å². The number of ether oxygens (including phenoxy) is 2. The summed E-state index contributed by atoms with van der Waals surface area (Å²) in [5.74, 6) is 0.907. The first kappa shape index (κ1) is 14.1. The van der Waals surface area contributed by atoms with Crippen LogP contribution in [0.3, 0.4) is 0 Å². The van der Waals surface area contributed by atoms with Crippen molar-refractivity contribution in [2.75, 3.05) is 20.3 Å². The molecule has 0 aliphatic heterocycles. The van der Waals surface area contributed by atoms with Gasteiger partial charge in [-0.05, 0) is 20.3 Å². The lowest BCUT2D eigenvalue weighted by Crippen LogP contribution is -2.27. The van der Waals surface area contributed by atoms with Gasteiger partial charge in [-0.25, -0.2) is 0 Å². The zero-order valence-corrected chi connectivity index (χ0v) is 10.9. The standard InChI is InChI=1S/C11H21N3O3/c1-5-11(3,16-6-2)10-13-9(17-14-10)8(12)7-15-4/h8H,5-7,12H2,1-4H3. The number of hydrogen-bond acceptors (Lipinski definition) is 6. The average Bonchev–Trinajstić information content (AvgIpc) is 2.79. The molecule has 0 radical (unpaired) electrons. The Morgan fingerprint density at radius 2 is 2.18 bits per heavy atom. The van der Waals surface area contributed by atoms with Crippen molar-refractivity contribution in [3.63, 3.8) is 0 Å². The third-order valence-corrected chi connectivity index (χ3v) is 2.72. The highest BCUT2D eigenvalue weighted by Gasteiger charge is 2.31. The minimum atomic E-state index is -0.525. The third kappa shape index (κ3) is 3.24. The van der Waals surface area contributed by atoms with Crippen LogP contribution in [0.25, 0.3) is 0 Å². The van der Waals surface area contributed by atoms with Gasteiger partial charge in [-0.15, -0.1) is 0 Å². The van der Waals surface area contributed by atoms with Crippen molar-refractivity contribution in [3.8, 4) is 0 Å². The fourth-order valence-electron chi connectivity index (χ4n) is 1.49. The fourth-order valence-corrected chi connectivity index (χ4v) is 1.49. The Kier molecular flexibility index (Phi) is 5.04. The Morgan fingerprint density at radius 3 is 2.71 bits per heavy atom. The van der Waals surface area contributed by atoms with Crippen molar-refractivity contribution in [3.05, 3.63) is 11.7 Å². The van der Waals surface area contributed by atoms with Gasteiger partial charge in [-0.1, -0.05) is 12.1 Å². The molecule has 2 unspecified atom stereocenters. The maximum absolute atomic E-state index is 5.82. The number of rotatable bonds is 7. The first-order valence-electron chi connectivity index (χ1n) is 5.80. The molecule has 0 fully saturated rings. The topological polar surface area (TPSA) is 83.4 Å². The summed E-state index contributed by atoms with van der Waals surface area (Å²) < 4.78 is 15.7. The Morgan fingerprint density at radius 1 is 1.47 bits per heavy atom. The summed E-state index contributed by atoms with van der Waals surface area (Å²) in [5, 5.41) is 3.93. The van der Waals surface area contributed by atoms with E-state index in [0.717, 1.165) is 6.42 Å². The van der Waals surface area contributed by atoms with Crippen LogP contribution in [0.2, 0.25) is 0 Å². The lowest BCUT2D eigenvalue weighted by Gasteiger charge is -2.23. The summed E-state index contributed by atoms with van der Waals surface area (Å²) in [4.78, 5) is 4.28. The molecule has 0 aliphatic carbocycles. The van der Waals surface area contributed by atoms with Gasteiger partial charge in [0.25, 0.3) is 0 Å². The van der Waals surface area contributed by atoms with Crippen LogP contribution in [0.15, 0.2) is 4.52 Å². The van der Waals surface area contributed by atoms with Crippen molar-refractivity contribution < 1.29 is 14.0 Å². The van der Waals surface area contributed by atoms with Crippen LogP contribution in [0.4, 0.5) is 0 Å². The summed E-state index contributed by atoms with van der Waals surface area (Å²) in [6.07, 6.45) is 0.763. The van der Waals surface area contributed by atoms with Crippen molar-refractivity contribution in [1.29, 1.82) is 0 Å². The summed E-state index contributed by atoms with van der Waals surface area (Å²) in [6.45, 7) is 6.83. The summed E-state index contributed by atoms with van der Waals surface area (Å²) in [7, 11) is 1.58. The Labute approximate surface area is 101 Å². The van der Waals surface area contributed by atoms with Crippen LogP contribution in [-0.2, 0) is 15.1 Å². The quantitative estimate of drug-likeness (QED) is 0.778. The minimum absolute atomic E-state index is 0.346. The molecule has 1 heterocycles. The molecule has 1 aromatic heterocycles. The van der Waals surface area contributed by atoms with Gasteiger partial charge in [0.2, 0.25) is 11.7 Å². The van der Waals surface area contributed by atoms with E-state index in [-0.39, 0.29) is 0 Å². The molecule has 6 heteroatoms. The zero-order chi connectivity index (χ0) is 12.9. The molecule has 6 nitrogen and oxygen atoms in total.